The van der Waals surface area contributed by atoms with Gasteiger partial charge >= 0.3 is 5.97 Å². The van der Waals surface area contributed by atoms with Crippen molar-refractivity contribution in [1.29, 1.82) is 0 Å². The summed E-state index contributed by atoms with van der Waals surface area (Å²) in [7, 11) is -3.31. The Balaban J connectivity index is 2.07. The van der Waals surface area contributed by atoms with E-state index in [-0.39, 0.29) is 11.3 Å². The predicted octanol–water partition coefficient (Wildman–Crippen LogP) is 2.83. The van der Waals surface area contributed by atoms with Gasteiger partial charge in [-0.05, 0) is 36.8 Å². The van der Waals surface area contributed by atoms with Crippen molar-refractivity contribution in [3.05, 3.63) is 65.0 Å². The second-order valence-corrected chi connectivity index (χ2v) is 8.17. The molecule has 28 heavy (non-hydrogen) atoms. The summed E-state index contributed by atoms with van der Waals surface area (Å²) in [5.74, 6) is -6.90. The number of ether oxygens (including phenoxy) is 1. The molecule has 150 valence electrons. The van der Waals surface area contributed by atoms with E-state index in [9.17, 15) is 31.2 Å². The van der Waals surface area contributed by atoms with E-state index in [0.717, 1.165) is 12.3 Å². The SMILES string of the molecule is C[C@@H](OC(=O)c1cccc(CS(C)(=O)=O)c1)C(=O)Nc1ccc(F)c(F)c1F. The number of amides is 1. The number of carbonyl (C=O) groups excluding carboxylic acids is 2. The van der Waals surface area contributed by atoms with Gasteiger partial charge in [0.1, 0.15) is 0 Å². The van der Waals surface area contributed by atoms with Crippen LogP contribution in [0.2, 0.25) is 0 Å². The molecular formula is C18H16F3NO5S. The summed E-state index contributed by atoms with van der Waals surface area (Å²) in [5, 5.41) is 2.00. The average Bonchev–Trinajstić information content (AvgIpc) is 2.60. The number of benzene rings is 2. The Kier molecular flexibility index (Phi) is 6.45. The van der Waals surface area contributed by atoms with Crippen molar-refractivity contribution in [3.63, 3.8) is 0 Å². The van der Waals surface area contributed by atoms with Gasteiger partial charge in [0.25, 0.3) is 5.91 Å². The summed E-state index contributed by atoms with van der Waals surface area (Å²) in [4.78, 5) is 24.2. The fourth-order valence-electron chi connectivity index (χ4n) is 2.23. The molecule has 0 aliphatic heterocycles. The normalized spacial score (nSPS) is 12.3. The van der Waals surface area contributed by atoms with Crippen molar-refractivity contribution >= 4 is 27.4 Å². The van der Waals surface area contributed by atoms with Gasteiger partial charge in [0, 0.05) is 6.26 Å². The van der Waals surface area contributed by atoms with Gasteiger partial charge in [0.05, 0.1) is 17.0 Å². The largest absolute Gasteiger partial charge is 0.449 e. The van der Waals surface area contributed by atoms with Crippen LogP contribution >= 0.6 is 0 Å². The summed E-state index contributed by atoms with van der Waals surface area (Å²) in [6.07, 6.45) is -0.347. The van der Waals surface area contributed by atoms with E-state index in [0.29, 0.717) is 11.6 Å². The highest BCUT2D eigenvalue weighted by molar-refractivity contribution is 7.89. The van der Waals surface area contributed by atoms with Crippen molar-refractivity contribution in [2.45, 2.75) is 18.8 Å². The van der Waals surface area contributed by atoms with Crippen molar-refractivity contribution in [2.24, 2.45) is 0 Å². The summed E-state index contributed by atoms with van der Waals surface area (Å²) in [6.45, 7) is 1.20. The molecule has 2 aromatic carbocycles. The van der Waals surface area contributed by atoms with Gasteiger partial charge < -0.3 is 10.1 Å². The van der Waals surface area contributed by atoms with Crippen molar-refractivity contribution in [1.82, 2.24) is 0 Å². The number of hydrogen-bond donors (Lipinski definition) is 1. The zero-order chi connectivity index (χ0) is 21.1. The Bertz CT molecular complexity index is 1020. The monoisotopic (exact) mass is 415 g/mol. The predicted molar refractivity (Wildman–Crippen MR) is 94.8 cm³/mol. The van der Waals surface area contributed by atoms with Crippen LogP contribution in [0, 0.1) is 17.5 Å². The van der Waals surface area contributed by atoms with E-state index in [1.165, 1.54) is 31.2 Å². The van der Waals surface area contributed by atoms with Crippen LogP contribution in [0.15, 0.2) is 36.4 Å². The van der Waals surface area contributed by atoms with Gasteiger partial charge in [0.15, 0.2) is 33.4 Å². The van der Waals surface area contributed by atoms with E-state index in [1.807, 2.05) is 5.32 Å². The third kappa shape index (κ3) is 5.56. The summed E-state index contributed by atoms with van der Waals surface area (Å²) in [6, 6.07) is 7.11. The molecule has 0 saturated carbocycles. The maximum Gasteiger partial charge on any atom is 0.338 e. The average molecular weight is 415 g/mol. The zero-order valence-corrected chi connectivity index (χ0v) is 15.6. The Hall–Kier alpha value is -2.88. The maximum absolute atomic E-state index is 13.6. The molecule has 0 aliphatic carbocycles. The molecule has 2 rings (SSSR count). The molecule has 10 heteroatoms. The first kappa shape index (κ1) is 21.4. The van der Waals surface area contributed by atoms with Crippen molar-refractivity contribution < 1.29 is 35.9 Å². The first-order valence-corrected chi connectivity index (χ1v) is 9.96. The highest BCUT2D eigenvalue weighted by atomic mass is 32.2. The van der Waals surface area contributed by atoms with Gasteiger partial charge in [-0.25, -0.2) is 26.4 Å². The Morgan fingerprint density at radius 3 is 2.43 bits per heavy atom. The molecule has 0 fully saturated rings. The molecule has 0 heterocycles. The van der Waals surface area contributed by atoms with Crippen LogP contribution in [0.5, 0.6) is 0 Å². The topological polar surface area (TPSA) is 89.5 Å². The van der Waals surface area contributed by atoms with Gasteiger partial charge in [0.2, 0.25) is 0 Å². The fraction of sp³-hybridized carbons (Fsp3) is 0.222. The van der Waals surface area contributed by atoms with Crippen molar-refractivity contribution in [3.8, 4) is 0 Å². The first-order chi connectivity index (χ1) is 13.0. The Morgan fingerprint density at radius 1 is 1.11 bits per heavy atom. The van der Waals surface area contributed by atoms with Crippen LogP contribution in [0.25, 0.3) is 0 Å². The molecule has 0 spiro atoms. The molecule has 0 unspecified atom stereocenters. The van der Waals surface area contributed by atoms with E-state index in [2.05, 4.69) is 0 Å². The highest BCUT2D eigenvalue weighted by Gasteiger charge is 2.22. The molecular weight excluding hydrogens is 399 g/mol. The third-order valence-electron chi connectivity index (χ3n) is 3.54. The number of anilines is 1. The van der Waals surface area contributed by atoms with E-state index < -0.39 is 51.0 Å². The lowest BCUT2D eigenvalue weighted by molar-refractivity contribution is -0.123. The lowest BCUT2D eigenvalue weighted by Crippen LogP contribution is -2.30. The molecule has 0 bridgehead atoms. The fourth-order valence-corrected chi connectivity index (χ4v) is 3.01. The Morgan fingerprint density at radius 2 is 1.79 bits per heavy atom. The number of hydrogen-bond acceptors (Lipinski definition) is 5. The third-order valence-corrected chi connectivity index (χ3v) is 4.40. The molecule has 0 radical (unpaired) electrons. The van der Waals surface area contributed by atoms with Crippen LogP contribution in [-0.2, 0) is 25.1 Å². The molecule has 6 nitrogen and oxygen atoms in total. The molecule has 0 aromatic heterocycles. The van der Waals surface area contributed by atoms with Gasteiger partial charge in [-0.1, -0.05) is 12.1 Å². The smallest absolute Gasteiger partial charge is 0.338 e. The Labute approximate surface area is 159 Å². The minimum absolute atomic E-state index is 0.0137. The molecule has 0 aliphatic rings. The molecule has 1 amide bonds. The van der Waals surface area contributed by atoms with E-state index in [1.54, 1.807) is 0 Å². The first-order valence-electron chi connectivity index (χ1n) is 7.90. The van der Waals surface area contributed by atoms with Crippen LogP contribution in [0.3, 0.4) is 0 Å². The highest BCUT2D eigenvalue weighted by Crippen LogP contribution is 2.20. The minimum atomic E-state index is -3.31. The molecule has 2 aromatic rings. The zero-order valence-electron chi connectivity index (χ0n) is 14.8. The number of sulfone groups is 1. The standard InChI is InChI=1S/C18H16F3NO5S/c1-10(17(23)22-14-7-6-13(19)15(20)16(14)21)27-18(24)12-5-3-4-11(8-12)9-28(2,25)26/h3-8,10H,9H2,1-2H3,(H,22,23)/t10-/m1/s1. The van der Waals surface area contributed by atoms with Gasteiger partial charge in [-0.15, -0.1) is 0 Å². The van der Waals surface area contributed by atoms with E-state index >= 15 is 0 Å². The summed E-state index contributed by atoms with van der Waals surface area (Å²) in [5.41, 5.74) is -0.236. The lowest BCUT2D eigenvalue weighted by Gasteiger charge is -2.14. The minimum Gasteiger partial charge on any atom is -0.449 e. The number of rotatable bonds is 6. The van der Waals surface area contributed by atoms with Gasteiger partial charge in [-0.3, -0.25) is 4.79 Å². The van der Waals surface area contributed by atoms with Gasteiger partial charge in [-0.2, -0.15) is 0 Å². The molecule has 1 N–H and O–H groups in total. The molecule has 1 atom stereocenters. The molecule has 0 saturated heterocycles. The second-order valence-electron chi connectivity index (χ2n) is 6.03. The summed E-state index contributed by atoms with van der Waals surface area (Å²) >= 11 is 0. The van der Waals surface area contributed by atoms with Crippen LogP contribution in [-0.4, -0.2) is 32.7 Å². The number of halogens is 3. The number of esters is 1. The van der Waals surface area contributed by atoms with Crippen LogP contribution in [0.1, 0.15) is 22.8 Å². The van der Waals surface area contributed by atoms with Crippen molar-refractivity contribution in [2.75, 3.05) is 11.6 Å². The van der Waals surface area contributed by atoms with Crippen LogP contribution < -0.4 is 5.32 Å². The van der Waals surface area contributed by atoms with E-state index in [4.69, 9.17) is 4.74 Å². The summed E-state index contributed by atoms with van der Waals surface area (Å²) < 4.78 is 67.4. The maximum atomic E-state index is 13.6. The second kappa shape index (κ2) is 8.42. The lowest BCUT2D eigenvalue weighted by atomic mass is 10.1. The van der Waals surface area contributed by atoms with Crippen LogP contribution in [0.4, 0.5) is 18.9 Å². The number of carbonyl (C=O) groups is 2. The quantitative estimate of drug-likeness (QED) is 0.579. The number of nitrogens with one attached hydrogen (secondary N) is 1.